The predicted octanol–water partition coefficient (Wildman–Crippen LogP) is 5.19. The van der Waals surface area contributed by atoms with Crippen molar-refractivity contribution in [3.63, 3.8) is 0 Å². The Kier molecular flexibility index (Phi) is 5.29. The highest BCUT2D eigenvalue weighted by molar-refractivity contribution is 9.10. The minimum Gasteiger partial charge on any atom is -0.306 e. The lowest BCUT2D eigenvalue weighted by atomic mass is 9.98. The summed E-state index contributed by atoms with van der Waals surface area (Å²) in [7, 11) is 0. The number of halogens is 4. The van der Waals surface area contributed by atoms with Crippen molar-refractivity contribution < 1.29 is 8.78 Å². The zero-order chi connectivity index (χ0) is 14.7. The Morgan fingerprint density at radius 2 is 1.70 bits per heavy atom. The molecule has 1 unspecified atom stereocenters. The van der Waals surface area contributed by atoms with Gasteiger partial charge in [-0.15, -0.1) is 0 Å². The molecule has 20 heavy (non-hydrogen) atoms. The van der Waals surface area contributed by atoms with Crippen LogP contribution in [0, 0.1) is 11.6 Å². The van der Waals surface area contributed by atoms with Gasteiger partial charge < -0.3 is 5.32 Å². The van der Waals surface area contributed by atoms with Gasteiger partial charge >= 0.3 is 0 Å². The molecular formula is C15H13Br2F2N. The van der Waals surface area contributed by atoms with Crippen molar-refractivity contribution >= 4 is 31.9 Å². The Bertz CT molecular complexity index is 565. The van der Waals surface area contributed by atoms with Crippen molar-refractivity contribution in [2.24, 2.45) is 0 Å². The van der Waals surface area contributed by atoms with Crippen molar-refractivity contribution in [2.45, 2.75) is 13.0 Å². The van der Waals surface area contributed by atoms with Gasteiger partial charge in [0.15, 0.2) is 0 Å². The molecule has 1 nitrogen and oxygen atoms in total. The van der Waals surface area contributed by atoms with E-state index in [2.05, 4.69) is 37.2 Å². The number of rotatable bonds is 4. The van der Waals surface area contributed by atoms with E-state index in [4.69, 9.17) is 0 Å². The van der Waals surface area contributed by atoms with Gasteiger partial charge in [-0.2, -0.15) is 0 Å². The monoisotopic (exact) mass is 403 g/mol. The van der Waals surface area contributed by atoms with E-state index in [1.807, 2.05) is 6.92 Å². The third-order valence-electron chi connectivity index (χ3n) is 2.99. The first kappa shape index (κ1) is 15.6. The molecule has 0 aliphatic heterocycles. The molecule has 0 heterocycles. The summed E-state index contributed by atoms with van der Waals surface area (Å²) in [5.74, 6) is -0.699. The van der Waals surface area contributed by atoms with Crippen LogP contribution < -0.4 is 5.32 Å². The van der Waals surface area contributed by atoms with Gasteiger partial charge in [-0.25, -0.2) is 8.78 Å². The molecular weight excluding hydrogens is 392 g/mol. The Labute approximate surface area is 133 Å². The van der Waals surface area contributed by atoms with Gasteiger partial charge in [0.2, 0.25) is 0 Å². The molecule has 0 aliphatic rings. The van der Waals surface area contributed by atoms with Crippen molar-refractivity contribution in [3.8, 4) is 0 Å². The second kappa shape index (κ2) is 6.78. The summed E-state index contributed by atoms with van der Waals surface area (Å²) in [5, 5.41) is 3.19. The molecule has 2 rings (SSSR count). The van der Waals surface area contributed by atoms with Crippen molar-refractivity contribution in [1.29, 1.82) is 0 Å². The SMILES string of the molecule is CCNC(c1cccc(Br)c1F)c1cccc(F)c1Br. The molecule has 0 saturated heterocycles. The highest BCUT2D eigenvalue weighted by Crippen LogP contribution is 2.33. The van der Waals surface area contributed by atoms with E-state index in [0.29, 0.717) is 26.6 Å². The molecule has 0 fully saturated rings. The molecule has 106 valence electrons. The van der Waals surface area contributed by atoms with Crippen LogP contribution in [0.15, 0.2) is 45.3 Å². The van der Waals surface area contributed by atoms with E-state index < -0.39 is 6.04 Å². The molecule has 0 aliphatic carbocycles. The Morgan fingerprint density at radius 3 is 2.40 bits per heavy atom. The number of hydrogen-bond acceptors (Lipinski definition) is 1. The Morgan fingerprint density at radius 1 is 1.05 bits per heavy atom. The molecule has 1 N–H and O–H groups in total. The van der Waals surface area contributed by atoms with Crippen LogP contribution in [0.1, 0.15) is 24.1 Å². The van der Waals surface area contributed by atoms with Gasteiger partial charge in [-0.3, -0.25) is 0 Å². The van der Waals surface area contributed by atoms with Gasteiger partial charge in [-0.1, -0.05) is 31.2 Å². The Hall–Kier alpha value is -0.780. The van der Waals surface area contributed by atoms with Crippen LogP contribution in [0.5, 0.6) is 0 Å². The molecule has 0 radical (unpaired) electrons. The summed E-state index contributed by atoms with van der Waals surface area (Å²) >= 11 is 6.42. The standard InChI is InChI=1S/C15H13Br2F2N/c1-2-20-15(9-5-4-8-12(18)13(9)17)10-6-3-7-11(16)14(10)19/h3-8,15,20H,2H2,1H3. The number of nitrogens with one attached hydrogen (secondary N) is 1. The summed E-state index contributed by atoms with van der Waals surface area (Å²) in [6, 6.07) is 9.46. The van der Waals surface area contributed by atoms with E-state index in [1.165, 1.54) is 6.07 Å². The highest BCUT2D eigenvalue weighted by Gasteiger charge is 2.21. The maximum Gasteiger partial charge on any atom is 0.142 e. The Balaban J connectivity index is 2.56. The quantitative estimate of drug-likeness (QED) is 0.739. The summed E-state index contributed by atoms with van der Waals surface area (Å²) in [6.45, 7) is 2.57. The first-order valence-corrected chi connectivity index (χ1v) is 7.76. The van der Waals surface area contributed by atoms with Crippen LogP contribution in [0.2, 0.25) is 0 Å². The van der Waals surface area contributed by atoms with Crippen molar-refractivity contribution in [1.82, 2.24) is 5.32 Å². The van der Waals surface area contributed by atoms with Gasteiger partial charge in [0.25, 0.3) is 0 Å². The van der Waals surface area contributed by atoms with E-state index in [-0.39, 0.29) is 11.6 Å². The summed E-state index contributed by atoms with van der Waals surface area (Å²) in [6.07, 6.45) is 0. The maximum absolute atomic E-state index is 14.3. The van der Waals surface area contributed by atoms with Crippen molar-refractivity contribution in [3.05, 3.63) is 68.1 Å². The molecule has 0 bridgehead atoms. The first-order chi connectivity index (χ1) is 9.56. The summed E-state index contributed by atoms with van der Waals surface area (Å²) in [5.41, 5.74) is 1.15. The summed E-state index contributed by atoms with van der Waals surface area (Å²) < 4.78 is 28.7. The normalized spacial score (nSPS) is 12.4. The van der Waals surface area contributed by atoms with E-state index in [0.717, 1.165) is 0 Å². The van der Waals surface area contributed by atoms with Gasteiger partial charge in [0, 0.05) is 5.56 Å². The number of hydrogen-bond donors (Lipinski definition) is 1. The largest absolute Gasteiger partial charge is 0.306 e. The maximum atomic E-state index is 14.3. The average Bonchev–Trinajstić information content (AvgIpc) is 2.43. The van der Waals surface area contributed by atoms with Crippen LogP contribution in [-0.2, 0) is 0 Å². The second-order valence-electron chi connectivity index (χ2n) is 4.28. The molecule has 0 spiro atoms. The molecule has 0 amide bonds. The molecule has 0 saturated carbocycles. The third kappa shape index (κ3) is 3.10. The average molecular weight is 405 g/mol. The summed E-state index contributed by atoms with van der Waals surface area (Å²) in [4.78, 5) is 0. The zero-order valence-corrected chi connectivity index (χ0v) is 13.9. The van der Waals surface area contributed by atoms with Crippen LogP contribution in [0.3, 0.4) is 0 Å². The van der Waals surface area contributed by atoms with Crippen molar-refractivity contribution in [2.75, 3.05) is 6.54 Å². The fourth-order valence-corrected chi connectivity index (χ4v) is 2.95. The van der Waals surface area contributed by atoms with Crippen LogP contribution in [-0.4, -0.2) is 6.54 Å². The molecule has 0 aromatic heterocycles. The molecule has 1 atom stereocenters. The molecule has 2 aromatic carbocycles. The highest BCUT2D eigenvalue weighted by atomic mass is 79.9. The minimum absolute atomic E-state index is 0.338. The molecule has 2 aromatic rings. The third-order valence-corrected chi connectivity index (χ3v) is 4.44. The van der Waals surface area contributed by atoms with Gasteiger partial charge in [0.1, 0.15) is 11.6 Å². The van der Waals surface area contributed by atoms with Crippen LogP contribution in [0.4, 0.5) is 8.78 Å². The minimum atomic E-state index is -0.414. The fraction of sp³-hybridized carbons (Fsp3) is 0.200. The van der Waals surface area contributed by atoms with Crippen LogP contribution in [0.25, 0.3) is 0 Å². The smallest absolute Gasteiger partial charge is 0.142 e. The lowest BCUT2D eigenvalue weighted by Crippen LogP contribution is -2.23. The topological polar surface area (TPSA) is 12.0 Å². The van der Waals surface area contributed by atoms with Gasteiger partial charge in [0.05, 0.1) is 15.0 Å². The number of benzene rings is 2. The zero-order valence-electron chi connectivity index (χ0n) is 10.8. The lowest BCUT2D eigenvalue weighted by molar-refractivity contribution is 0.548. The molecule has 5 heteroatoms. The predicted molar refractivity (Wildman–Crippen MR) is 83.7 cm³/mol. The van der Waals surface area contributed by atoms with Gasteiger partial charge in [-0.05, 0) is 56.1 Å². The van der Waals surface area contributed by atoms with Crippen LogP contribution >= 0.6 is 31.9 Å². The first-order valence-electron chi connectivity index (χ1n) is 6.17. The van der Waals surface area contributed by atoms with E-state index in [9.17, 15) is 8.78 Å². The lowest BCUT2D eigenvalue weighted by Gasteiger charge is -2.21. The fourth-order valence-electron chi connectivity index (χ4n) is 2.08. The van der Waals surface area contributed by atoms with E-state index >= 15 is 0 Å². The van der Waals surface area contributed by atoms with E-state index in [1.54, 1.807) is 30.3 Å². The second-order valence-corrected chi connectivity index (χ2v) is 5.92.